The van der Waals surface area contributed by atoms with Crippen molar-refractivity contribution in [3.8, 4) is 0 Å². The van der Waals surface area contributed by atoms with Crippen LogP contribution in [0, 0.1) is 0 Å². The molecule has 0 spiro atoms. The minimum Gasteiger partial charge on any atom is -0.330 e. The van der Waals surface area contributed by atoms with Crippen molar-refractivity contribution in [2.24, 2.45) is 5.73 Å². The second-order valence-corrected chi connectivity index (χ2v) is 6.02. The number of likely N-dealkylation sites (tertiary alicyclic amines) is 1. The first-order valence-electron chi connectivity index (χ1n) is 6.94. The van der Waals surface area contributed by atoms with Crippen LogP contribution in [0.1, 0.15) is 44.2 Å². The van der Waals surface area contributed by atoms with E-state index in [1.54, 1.807) is 0 Å². The van der Waals surface area contributed by atoms with Gasteiger partial charge in [0.1, 0.15) is 0 Å². The van der Waals surface area contributed by atoms with Crippen LogP contribution in [0.5, 0.6) is 0 Å². The number of benzene rings is 1. The lowest BCUT2D eigenvalue weighted by atomic mass is 9.95. The molecule has 18 heavy (non-hydrogen) atoms. The highest BCUT2D eigenvalue weighted by molar-refractivity contribution is 9.10. The lowest BCUT2D eigenvalue weighted by molar-refractivity contribution is 0.0981. The minimum absolute atomic E-state index is 0.470. The van der Waals surface area contributed by atoms with Crippen molar-refractivity contribution in [3.63, 3.8) is 0 Å². The van der Waals surface area contributed by atoms with Crippen LogP contribution in [0.2, 0.25) is 0 Å². The van der Waals surface area contributed by atoms with E-state index >= 15 is 0 Å². The molecule has 2 nitrogen and oxygen atoms in total. The third-order valence-corrected chi connectivity index (χ3v) is 4.75. The van der Waals surface area contributed by atoms with Crippen molar-refractivity contribution in [3.05, 3.63) is 34.3 Å². The van der Waals surface area contributed by atoms with Gasteiger partial charge in [-0.3, -0.25) is 4.90 Å². The van der Waals surface area contributed by atoms with Gasteiger partial charge in [0.15, 0.2) is 0 Å². The van der Waals surface area contributed by atoms with Crippen molar-refractivity contribution in [2.75, 3.05) is 13.1 Å². The quantitative estimate of drug-likeness (QED) is 0.918. The molecule has 1 aliphatic heterocycles. The molecule has 1 aromatic rings. The number of hydrogen-bond donors (Lipinski definition) is 1. The van der Waals surface area contributed by atoms with Gasteiger partial charge in [0.2, 0.25) is 0 Å². The monoisotopic (exact) mass is 310 g/mol. The average molecular weight is 311 g/mol. The van der Waals surface area contributed by atoms with Gasteiger partial charge in [0.25, 0.3) is 0 Å². The molecule has 2 unspecified atom stereocenters. The molecule has 1 fully saturated rings. The van der Waals surface area contributed by atoms with E-state index in [1.165, 1.54) is 35.8 Å². The van der Waals surface area contributed by atoms with Crippen molar-refractivity contribution < 1.29 is 0 Å². The van der Waals surface area contributed by atoms with Gasteiger partial charge in [-0.15, -0.1) is 0 Å². The standard InChI is InChI=1S/C15H23BrN2/c1-12(14-7-2-3-8-15(14)16)18-11-5-4-6-13(18)9-10-17/h2-3,7-8,12-13H,4-6,9-11,17H2,1H3. The third kappa shape index (κ3) is 3.14. The predicted molar refractivity (Wildman–Crippen MR) is 80.6 cm³/mol. The maximum atomic E-state index is 5.75. The summed E-state index contributed by atoms with van der Waals surface area (Å²) in [6.07, 6.45) is 5.08. The average Bonchev–Trinajstić information content (AvgIpc) is 2.40. The number of rotatable bonds is 4. The highest BCUT2D eigenvalue weighted by Crippen LogP contribution is 2.32. The highest BCUT2D eigenvalue weighted by atomic mass is 79.9. The molecule has 0 saturated carbocycles. The highest BCUT2D eigenvalue weighted by Gasteiger charge is 2.27. The Kier molecular flexibility index (Phi) is 5.22. The van der Waals surface area contributed by atoms with Gasteiger partial charge in [-0.25, -0.2) is 0 Å². The Bertz CT molecular complexity index is 379. The molecule has 2 atom stereocenters. The summed E-state index contributed by atoms with van der Waals surface area (Å²) in [5.74, 6) is 0. The van der Waals surface area contributed by atoms with Gasteiger partial charge >= 0.3 is 0 Å². The third-order valence-electron chi connectivity index (χ3n) is 4.03. The molecular formula is C15H23BrN2. The van der Waals surface area contributed by atoms with Crippen LogP contribution in [0.25, 0.3) is 0 Å². The van der Waals surface area contributed by atoms with Crippen molar-refractivity contribution in [1.82, 2.24) is 4.90 Å². The smallest absolute Gasteiger partial charge is 0.0334 e. The fourth-order valence-electron chi connectivity index (χ4n) is 3.03. The Labute approximate surface area is 119 Å². The number of nitrogens with two attached hydrogens (primary N) is 1. The van der Waals surface area contributed by atoms with Crippen molar-refractivity contribution in [1.29, 1.82) is 0 Å². The summed E-state index contributed by atoms with van der Waals surface area (Å²) in [5, 5.41) is 0. The molecule has 100 valence electrons. The number of nitrogens with zero attached hydrogens (tertiary/aromatic N) is 1. The molecule has 0 amide bonds. The Morgan fingerprint density at radius 1 is 1.39 bits per heavy atom. The zero-order chi connectivity index (χ0) is 13.0. The van der Waals surface area contributed by atoms with E-state index in [0.29, 0.717) is 12.1 Å². The molecule has 2 rings (SSSR count). The topological polar surface area (TPSA) is 29.3 Å². The van der Waals surface area contributed by atoms with E-state index in [2.05, 4.69) is 52.0 Å². The summed E-state index contributed by atoms with van der Waals surface area (Å²) >= 11 is 3.67. The fraction of sp³-hybridized carbons (Fsp3) is 0.600. The number of halogens is 1. The molecule has 0 bridgehead atoms. The summed E-state index contributed by atoms with van der Waals surface area (Å²) in [6.45, 7) is 4.31. The maximum Gasteiger partial charge on any atom is 0.0334 e. The molecule has 0 aliphatic carbocycles. The van der Waals surface area contributed by atoms with E-state index in [1.807, 2.05) is 0 Å². The first kappa shape index (κ1) is 14.0. The number of piperidine rings is 1. The summed E-state index contributed by atoms with van der Waals surface area (Å²) in [7, 11) is 0. The van der Waals surface area contributed by atoms with Gasteiger partial charge in [-0.2, -0.15) is 0 Å². The van der Waals surface area contributed by atoms with Crippen LogP contribution < -0.4 is 5.73 Å². The summed E-state index contributed by atoms with van der Waals surface area (Å²) < 4.78 is 1.22. The van der Waals surface area contributed by atoms with Crippen LogP contribution in [-0.2, 0) is 0 Å². The van der Waals surface area contributed by atoms with Crippen molar-refractivity contribution >= 4 is 15.9 Å². The molecule has 1 heterocycles. The fourth-order valence-corrected chi connectivity index (χ4v) is 3.64. The summed E-state index contributed by atoms with van der Waals surface area (Å²) in [4.78, 5) is 2.64. The zero-order valence-electron chi connectivity index (χ0n) is 11.1. The maximum absolute atomic E-state index is 5.75. The molecular weight excluding hydrogens is 288 g/mol. The number of hydrogen-bond acceptors (Lipinski definition) is 2. The normalized spacial score (nSPS) is 22.9. The van der Waals surface area contributed by atoms with Crippen LogP contribution >= 0.6 is 15.9 Å². The summed E-state index contributed by atoms with van der Waals surface area (Å²) in [6, 6.07) is 9.69. The van der Waals surface area contributed by atoms with E-state index in [-0.39, 0.29) is 0 Å². The van der Waals surface area contributed by atoms with Gasteiger partial charge in [-0.05, 0) is 50.9 Å². The van der Waals surface area contributed by atoms with Crippen LogP contribution in [0.4, 0.5) is 0 Å². The van der Waals surface area contributed by atoms with Gasteiger partial charge in [-0.1, -0.05) is 40.5 Å². The molecule has 0 aromatic heterocycles. The second-order valence-electron chi connectivity index (χ2n) is 5.16. The molecule has 1 saturated heterocycles. The zero-order valence-corrected chi connectivity index (χ0v) is 12.7. The lowest BCUT2D eigenvalue weighted by Crippen LogP contribution is -2.42. The van der Waals surface area contributed by atoms with E-state index < -0.39 is 0 Å². The van der Waals surface area contributed by atoms with E-state index in [4.69, 9.17) is 5.73 Å². The minimum atomic E-state index is 0.470. The molecule has 1 aliphatic rings. The first-order chi connectivity index (χ1) is 8.74. The Hall–Kier alpha value is -0.380. The lowest BCUT2D eigenvalue weighted by Gasteiger charge is -2.40. The Balaban J connectivity index is 2.15. The SMILES string of the molecule is CC(c1ccccc1Br)N1CCCCC1CCN. The van der Waals surface area contributed by atoms with Crippen LogP contribution in [0.15, 0.2) is 28.7 Å². The first-order valence-corrected chi connectivity index (χ1v) is 7.73. The molecule has 3 heteroatoms. The van der Waals surface area contributed by atoms with Crippen LogP contribution in [0.3, 0.4) is 0 Å². The van der Waals surface area contributed by atoms with Gasteiger partial charge < -0.3 is 5.73 Å². The van der Waals surface area contributed by atoms with Gasteiger partial charge in [0.05, 0.1) is 0 Å². The second kappa shape index (κ2) is 6.69. The van der Waals surface area contributed by atoms with Gasteiger partial charge in [0, 0.05) is 16.6 Å². The van der Waals surface area contributed by atoms with E-state index in [9.17, 15) is 0 Å². The molecule has 2 N–H and O–H groups in total. The predicted octanol–water partition coefficient (Wildman–Crippen LogP) is 3.71. The molecule has 0 radical (unpaired) electrons. The Morgan fingerprint density at radius 3 is 2.89 bits per heavy atom. The largest absolute Gasteiger partial charge is 0.330 e. The van der Waals surface area contributed by atoms with Crippen LogP contribution in [-0.4, -0.2) is 24.0 Å². The van der Waals surface area contributed by atoms with E-state index in [0.717, 1.165) is 13.0 Å². The Morgan fingerprint density at radius 2 is 2.17 bits per heavy atom. The van der Waals surface area contributed by atoms with Crippen molar-refractivity contribution in [2.45, 2.75) is 44.7 Å². The summed E-state index contributed by atoms with van der Waals surface area (Å²) in [5.41, 5.74) is 7.14. The molecule has 1 aromatic carbocycles.